The number of aromatic amines is 1. The number of aromatic nitrogens is 4. The van der Waals surface area contributed by atoms with E-state index in [9.17, 15) is 21.6 Å². The van der Waals surface area contributed by atoms with Crippen LogP contribution in [0.2, 0.25) is 0 Å². The second kappa shape index (κ2) is 12.3. The number of pyridine rings is 1. The van der Waals surface area contributed by atoms with Crippen LogP contribution in [0.3, 0.4) is 0 Å². The van der Waals surface area contributed by atoms with Gasteiger partial charge in [0, 0.05) is 67.4 Å². The number of hydrogen-bond donors (Lipinski definition) is 2. The Hall–Kier alpha value is -4.34. The normalized spacial score (nSPS) is 21.1. The molecule has 0 spiro atoms. The first kappa shape index (κ1) is 32.2. The SMILES string of the molecule is CC(C)(C(=O)Nc1ccc(-c2cc3c(N4CCS(=O)(=O)CC4)ncnc3[nH]2)cc1)c1cc(N2CCCC(N3CC=CS3(=O)=O)C2)ccn1. The Kier molecular flexibility index (Phi) is 8.24. The van der Waals surface area contributed by atoms with Gasteiger partial charge in [-0.3, -0.25) is 9.78 Å². The van der Waals surface area contributed by atoms with Crippen molar-refractivity contribution in [3.8, 4) is 11.3 Å². The number of piperidine rings is 1. The lowest BCUT2D eigenvalue weighted by molar-refractivity contribution is -0.120. The summed E-state index contributed by atoms with van der Waals surface area (Å²) in [7, 11) is -6.38. The molecule has 3 aliphatic rings. The maximum atomic E-state index is 13.6. The second-order valence-electron chi connectivity index (χ2n) is 13.1. The first-order chi connectivity index (χ1) is 22.9. The summed E-state index contributed by atoms with van der Waals surface area (Å²) < 4.78 is 50.4. The summed E-state index contributed by atoms with van der Waals surface area (Å²) in [6, 6.07) is 13.2. The van der Waals surface area contributed by atoms with Gasteiger partial charge in [-0.05, 0) is 62.6 Å². The van der Waals surface area contributed by atoms with Crippen molar-refractivity contribution in [1.82, 2.24) is 24.2 Å². The van der Waals surface area contributed by atoms with Crippen molar-refractivity contribution in [1.29, 1.82) is 0 Å². The van der Waals surface area contributed by atoms with Crippen LogP contribution in [0.5, 0.6) is 0 Å². The van der Waals surface area contributed by atoms with Crippen LogP contribution in [-0.4, -0.2) is 97.3 Å². The number of anilines is 3. The highest BCUT2D eigenvalue weighted by molar-refractivity contribution is 7.92. The fourth-order valence-corrected chi connectivity index (χ4v) is 9.15. The average molecular weight is 691 g/mol. The molecular formula is C33H38N8O5S2. The van der Waals surface area contributed by atoms with Gasteiger partial charge in [-0.1, -0.05) is 18.2 Å². The van der Waals surface area contributed by atoms with E-state index in [2.05, 4.69) is 30.2 Å². The summed E-state index contributed by atoms with van der Waals surface area (Å²) in [5.74, 6) is 0.703. The molecule has 3 aromatic heterocycles. The molecule has 252 valence electrons. The van der Waals surface area contributed by atoms with Gasteiger partial charge in [0.2, 0.25) is 15.9 Å². The minimum Gasteiger partial charge on any atom is -0.370 e. The number of nitrogens with zero attached hydrogens (tertiary/aromatic N) is 6. The summed E-state index contributed by atoms with van der Waals surface area (Å²) in [6.45, 7) is 6.24. The zero-order valence-electron chi connectivity index (χ0n) is 26.8. The van der Waals surface area contributed by atoms with E-state index in [4.69, 9.17) is 0 Å². The molecule has 2 N–H and O–H groups in total. The Morgan fingerprint density at radius 2 is 1.73 bits per heavy atom. The Balaban J connectivity index is 1.04. The van der Waals surface area contributed by atoms with Gasteiger partial charge < -0.3 is 20.1 Å². The highest BCUT2D eigenvalue weighted by atomic mass is 32.2. The summed E-state index contributed by atoms with van der Waals surface area (Å²) in [5.41, 5.74) is 3.60. The number of amides is 1. The number of fused-ring (bicyclic) bond motifs is 1. The van der Waals surface area contributed by atoms with Crippen molar-refractivity contribution in [3.05, 3.63) is 72.2 Å². The lowest BCUT2D eigenvalue weighted by atomic mass is 9.87. The van der Waals surface area contributed by atoms with Gasteiger partial charge in [-0.25, -0.2) is 26.8 Å². The van der Waals surface area contributed by atoms with E-state index in [0.29, 0.717) is 49.0 Å². The summed E-state index contributed by atoms with van der Waals surface area (Å²) >= 11 is 0. The van der Waals surface area contributed by atoms with Gasteiger partial charge in [-0.2, -0.15) is 4.31 Å². The van der Waals surface area contributed by atoms with Crippen LogP contribution in [0.25, 0.3) is 22.3 Å². The van der Waals surface area contributed by atoms with E-state index >= 15 is 0 Å². The standard InChI is InChI=1S/C33H38N8O5S2/c1-33(2,29-19-25(10-11-34-29)40-12-3-5-26(21-40)41-13-4-16-48(41,45)46)32(42)37-24-8-6-23(7-9-24)28-20-27-30(38-28)35-22-36-31(27)39-14-17-47(43,44)18-15-39/h4,6-11,16,19-20,22,26H,3,5,12-15,17-18,21H2,1-2H3,(H,37,42)(H,35,36,38). The van der Waals surface area contributed by atoms with Crippen molar-refractivity contribution in [2.45, 2.75) is 38.1 Å². The van der Waals surface area contributed by atoms with Crippen LogP contribution in [0, 0.1) is 0 Å². The fraction of sp³-hybridized carbons (Fsp3) is 0.394. The van der Waals surface area contributed by atoms with E-state index in [1.807, 2.05) is 61.2 Å². The number of rotatable bonds is 7. The zero-order chi connectivity index (χ0) is 33.7. The van der Waals surface area contributed by atoms with Crippen LogP contribution >= 0.6 is 0 Å². The molecule has 7 rings (SSSR count). The van der Waals surface area contributed by atoms with E-state index < -0.39 is 25.3 Å². The Bertz CT molecular complexity index is 2100. The molecule has 1 aromatic carbocycles. The Morgan fingerprint density at radius 3 is 2.46 bits per heavy atom. The van der Waals surface area contributed by atoms with Crippen LogP contribution in [0.15, 0.2) is 66.5 Å². The predicted octanol–water partition coefficient (Wildman–Crippen LogP) is 3.30. The van der Waals surface area contributed by atoms with Crippen LogP contribution in [0.4, 0.5) is 17.2 Å². The molecule has 3 aliphatic heterocycles. The second-order valence-corrected chi connectivity index (χ2v) is 17.1. The molecule has 0 bridgehead atoms. The number of benzene rings is 1. The van der Waals surface area contributed by atoms with Crippen LogP contribution < -0.4 is 15.1 Å². The van der Waals surface area contributed by atoms with Gasteiger partial charge in [0.25, 0.3) is 0 Å². The van der Waals surface area contributed by atoms with Gasteiger partial charge in [0.05, 0.1) is 28.0 Å². The van der Waals surface area contributed by atoms with E-state index in [1.165, 1.54) is 11.7 Å². The molecule has 48 heavy (non-hydrogen) atoms. The summed E-state index contributed by atoms with van der Waals surface area (Å²) in [6.07, 6.45) is 6.55. The number of hydrogen-bond acceptors (Lipinski definition) is 10. The quantitative estimate of drug-likeness (QED) is 0.294. The number of H-pyrrole nitrogens is 1. The first-order valence-electron chi connectivity index (χ1n) is 16.0. The lowest BCUT2D eigenvalue weighted by Gasteiger charge is -2.38. The number of carbonyl (C=O) groups is 1. The third-order valence-corrected chi connectivity index (χ3v) is 12.7. The molecule has 15 heteroatoms. The first-order valence-corrected chi connectivity index (χ1v) is 19.3. The largest absolute Gasteiger partial charge is 0.370 e. The minimum atomic E-state index is -3.36. The molecule has 13 nitrogen and oxygen atoms in total. The maximum absolute atomic E-state index is 13.6. The summed E-state index contributed by atoms with van der Waals surface area (Å²) in [4.78, 5) is 34.5. The number of sulfone groups is 1. The van der Waals surface area contributed by atoms with E-state index in [0.717, 1.165) is 41.7 Å². The van der Waals surface area contributed by atoms with E-state index in [1.54, 1.807) is 16.6 Å². The van der Waals surface area contributed by atoms with Gasteiger partial charge in [-0.15, -0.1) is 0 Å². The molecule has 0 saturated carbocycles. The highest BCUT2D eigenvalue weighted by Gasteiger charge is 2.35. The van der Waals surface area contributed by atoms with Crippen molar-refractivity contribution < 1.29 is 21.6 Å². The topological polar surface area (TPSA) is 162 Å². The molecule has 2 saturated heterocycles. The molecule has 4 aromatic rings. The minimum absolute atomic E-state index is 0.103. The zero-order valence-corrected chi connectivity index (χ0v) is 28.5. The average Bonchev–Trinajstić information content (AvgIpc) is 3.68. The Morgan fingerprint density at radius 1 is 0.958 bits per heavy atom. The molecule has 1 unspecified atom stereocenters. The number of nitrogens with one attached hydrogen (secondary N) is 2. The van der Waals surface area contributed by atoms with Crippen molar-refractivity contribution in [3.63, 3.8) is 0 Å². The van der Waals surface area contributed by atoms with Crippen LogP contribution in [-0.2, 0) is 30.1 Å². The Labute approximate surface area is 280 Å². The predicted molar refractivity (Wildman–Crippen MR) is 186 cm³/mol. The van der Waals surface area contributed by atoms with Gasteiger partial charge in [0.15, 0.2) is 9.84 Å². The third-order valence-electron chi connectivity index (χ3n) is 9.50. The molecule has 1 amide bonds. The highest BCUT2D eigenvalue weighted by Crippen LogP contribution is 2.32. The summed E-state index contributed by atoms with van der Waals surface area (Å²) in [5, 5.41) is 5.14. The number of carbonyl (C=O) groups excluding carboxylic acids is 1. The molecule has 6 heterocycles. The molecule has 0 radical (unpaired) electrons. The fourth-order valence-electron chi connectivity index (χ4n) is 6.58. The monoisotopic (exact) mass is 690 g/mol. The third kappa shape index (κ3) is 6.29. The lowest BCUT2D eigenvalue weighted by Crippen LogP contribution is -2.48. The van der Waals surface area contributed by atoms with Crippen LogP contribution in [0.1, 0.15) is 32.4 Å². The number of sulfonamides is 1. The smallest absolute Gasteiger partial charge is 0.236 e. The van der Waals surface area contributed by atoms with Gasteiger partial charge in [0.1, 0.15) is 17.8 Å². The van der Waals surface area contributed by atoms with Crippen molar-refractivity contribution in [2.24, 2.45) is 0 Å². The molecule has 1 atom stereocenters. The maximum Gasteiger partial charge on any atom is 0.236 e. The van der Waals surface area contributed by atoms with Crippen molar-refractivity contribution >= 4 is 54.0 Å². The molecular weight excluding hydrogens is 653 g/mol. The van der Waals surface area contributed by atoms with Gasteiger partial charge >= 0.3 is 0 Å². The molecule has 0 aliphatic carbocycles. The van der Waals surface area contributed by atoms with E-state index in [-0.39, 0.29) is 23.5 Å². The van der Waals surface area contributed by atoms with Crippen molar-refractivity contribution in [2.75, 3.05) is 59.3 Å². The molecule has 2 fully saturated rings.